The number of hydrogen-bond acceptors (Lipinski definition) is 5. The van der Waals surface area contributed by atoms with Crippen LogP contribution in [0.5, 0.6) is 0 Å². The van der Waals surface area contributed by atoms with Gasteiger partial charge in [0.25, 0.3) is 0 Å². The molecule has 112 valence electrons. The molecule has 20 heavy (non-hydrogen) atoms. The molecular formula is C14H21NO4S. The third-order valence-electron chi connectivity index (χ3n) is 3.14. The predicted molar refractivity (Wildman–Crippen MR) is 77.2 cm³/mol. The number of ether oxygens (including phenoxy) is 1. The van der Waals surface area contributed by atoms with Crippen molar-refractivity contribution in [2.45, 2.75) is 24.8 Å². The molecular weight excluding hydrogens is 278 g/mol. The molecule has 1 atom stereocenters. The Morgan fingerprint density at radius 2 is 1.85 bits per heavy atom. The second kappa shape index (κ2) is 6.85. The van der Waals surface area contributed by atoms with Crippen molar-refractivity contribution in [3.8, 4) is 0 Å². The van der Waals surface area contributed by atoms with E-state index in [-0.39, 0.29) is 18.6 Å². The van der Waals surface area contributed by atoms with Crippen molar-refractivity contribution < 1.29 is 17.9 Å². The zero-order chi connectivity index (χ0) is 15.3. The van der Waals surface area contributed by atoms with Crippen LogP contribution in [-0.4, -0.2) is 45.7 Å². The molecule has 0 amide bonds. The van der Waals surface area contributed by atoms with Crippen LogP contribution >= 0.6 is 0 Å². The number of carbonyl (C=O) groups is 1. The molecule has 0 aromatic heterocycles. The van der Waals surface area contributed by atoms with E-state index in [9.17, 15) is 13.2 Å². The molecule has 0 saturated carbocycles. The molecule has 0 aliphatic rings. The highest BCUT2D eigenvalue weighted by Crippen LogP contribution is 2.20. The molecule has 0 radical (unpaired) electrons. The minimum absolute atomic E-state index is 0.00647. The predicted octanol–water partition coefficient (Wildman–Crippen LogP) is 1.65. The second-order valence-electron chi connectivity index (χ2n) is 4.74. The largest absolute Gasteiger partial charge is 0.465 e. The van der Waals surface area contributed by atoms with Gasteiger partial charge >= 0.3 is 5.97 Å². The van der Waals surface area contributed by atoms with Crippen LogP contribution in [0.4, 0.5) is 0 Å². The number of sulfone groups is 1. The Balaban J connectivity index is 2.77. The van der Waals surface area contributed by atoms with Crippen molar-refractivity contribution in [2.24, 2.45) is 0 Å². The first-order valence-corrected chi connectivity index (χ1v) is 8.30. The molecule has 1 aromatic carbocycles. The Morgan fingerprint density at radius 3 is 2.30 bits per heavy atom. The highest BCUT2D eigenvalue weighted by molar-refractivity contribution is 7.90. The molecule has 0 bridgehead atoms. The number of likely N-dealkylation sites (N-methyl/N-ethyl adjacent to an activating group) is 1. The smallest absolute Gasteiger partial charge is 0.320 e. The first-order chi connectivity index (χ1) is 9.25. The molecule has 0 fully saturated rings. The summed E-state index contributed by atoms with van der Waals surface area (Å²) in [6.07, 6.45) is 1.18. The average molecular weight is 299 g/mol. The third-order valence-corrected chi connectivity index (χ3v) is 4.26. The van der Waals surface area contributed by atoms with Gasteiger partial charge in [-0.1, -0.05) is 12.1 Å². The van der Waals surface area contributed by atoms with Crippen LogP contribution < -0.4 is 0 Å². The zero-order valence-electron chi connectivity index (χ0n) is 12.3. The van der Waals surface area contributed by atoms with Gasteiger partial charge in [0, 0.05) is 12.3 Å². The van der Waals surface area contributed by atoms with Crippen LogP contribution in [0.1, 0.15) is 25.5 Å². The van der Waals surface area contributed by atoms with E-state index < -0.39 is 9.84 Å². The summed E-state index contributed by atoms with van der Waals surface area (Å²) >= 11 is 0. The zero-order valence-corrected chi connectivity index (χ0v) is 13.1. The van der Waals surface area contributed by atoms with Crippen LogP contribution in [-0.2, 0) is 19.4 Å². The molecule has 0 aliphatic heterocycles. The Kier molecular flexibility index (Phi) is 5.71. The Morgan fingerprint density at radius 1 is 1.30 bits per heavy atom. The molecule has 1 rings (SSSR count). The maximum atomic E-state index is 11.4. The summed E-state index contributed by atoms with van der Waals surface area (Å²) in [6.45, 7) is 4.28. The van der Waals surface area contributed by atoms with E-state index in [1.165, 1.54) is 6.26 Å². The highest BCUT2D eigenvalue weighted by atomic mass is 32.2. The van der Waals surface area contributed by atoms with E-state index in [1.807, 2.05) is 18.9 Å². The van der Waals surface area contributed by atoms with Gasteiger partial charge in [-0.05, 0) is 38.6 Å². The molecule has 1 aromatic rings. The van der Waals surface area contributed by atoms with Gasteiger partial charge in [0.1, 0.15) is 0 Å². The van der Waals surface area contributed by atoms with Gasteiger partial charge in [0.15, 0.2) is 9.84 Å². The fourth-order valence-corrected chi connectivity index (χ4v) is 2.43. The Hall–Kier alpha value is -1.40. The van der Waals surface area contributed by atoms with Crippen molar-refractivity contribution in [2.75, 3.05) is 26.5 Å². The van der Waals surface area contributed by atoms with Gasteiger partial charge in [-0.3, -0.25) is 9.69 Å². The van der Waals surface area contributed by atoms with E-state index in [2.05, 4.69) is 0 Å². The summed E-state index contributed by atoms with van der Waals surface area (Å²) in [5, 5.41) is 0. The van der Waals surface area contributed by atoms with E-state index in [0.717, 1.165) is 5.56 Å². The van der Waals surface area contributed by atoms with Gasteiger partial charge in [-0.25, -0.2) is 8.42 Å². The van der Waals surface area contributed by atoms with Crippen LogP contribution in [0.25, 0.3) is 0 Å². The summed E-state index contributed by atoms with van der Waals surface area (Å²) in [5.74, 6) is -0.269. The maximum Gasteiger partial charge on any atom is 0.320 e. The fraction of sp³-hybridized carbons (Fsp3) is 0.500. The number of carbonyl (C=O) groups excluding carboxylic acids is 1. The molecule has 0 saturated heterocycles. The summed E-state index contributed by atoms with van der Waals surface area (Å²) < 4.78 is 27.7. The van der Waals surface area contributed by atoms with Gasteiger partial charge < -0.3 is 4.74 Å². The lowest BCUT2D eigenvalue weighted by molar-refractivity contribution is -0.144. The van der Waals surface area contributed by atoms with Gasteiger partial charge in [0.2, 0.25) is 0 Å². The number of esters is 1. The Labute approximate surface area is 120 Å². The lowest BCUT2D eigenvalue weighted by Crippen LogP contribution is -2.29. The number of nitrogens with zero attached hydrogens (tertiary/aromatic N) is 1. The van der Waals surface area contributed by atoms with Gasteiger partial charge in [-0.2, -0.15) is 0 Å². The summed E-state index contributed by atoms with van der Waals surface area (Å²) in [4.78, 5) is 13.6. The molecule has 5 nitrogen and oxygen atoms in total. The normalized spacial score (nSPS) is 13.2. The quantitative estimate of drug-likeness (QED) is 0.747. The SMILES string of the molecule is CCOC(=O)CN(C)C(C)c1ccc(S(C)(=O)=O)cc1. The minimum atomic E-state index is -3.18. The molecule has 0 heterocycles. The van der Waals surface area contributed by atoms with Crippen LogP contribution in [0.3, 0.4) is 0 Å². The van der Waals surface area contributed by atoms with Crippen molar-refractivity contribution in [3.05, 3.63) is 29.8 Å². The van der Waals surface area contributed by atoms with Crippen molar-refractivity contribution >= 4 is 15.8 Å². The van der Waals surface area contributed by atoms with Crippen molar-refractivity contribution in [3.63, 3.8) is 0 Å². The second-order valence-corrected chi connectivity index (χ2v) is 6.75. The molecule has 1 unspecified atom stereocenters. The summed E-state index contributed by atoms with van der Waals surface area (Å²) in [6, 6.07) is 6.69. The van der Waals surface area contributed by atoms with E-state index >= 15 is 0 Å². The number of hydrogen-bond donors (Lipinski definition) is 0. The van der Waals surface area contributed by atoms with E-state index in [1.54, 1.807) is 31.2 Å². The molecule has 0 spiro atoms. The Bertz CT molecular complexity index is 551. The number of benzene rings is 1. The summed E-state index contributed by atoms with van der Waals surface area (Å²) in [7, 11) is -1.35. The standard InChI is InChI=1S/C14H21NO4S/c1-5-19-14(16)10-15(3)11(2)12-6-8-13(9-7-12)20(4,17)18/h6-9,11H,5,10H2,1-4H3. The average Bonchev–Trinajstić information content (AvgIpc) is 2.37. The first kappa shape index (κ1) is 16.7. The monoisotopic (exact) mass is 299 g/mol. The number of rotatable bonds is 6. The van der Waals surface area contributed by atoms with Crippen LogP contribution in [0.15, 0.2) is 29.2 Å². The third kappa shape index (κ3) is 4.61. The first-order valence-electron chi connectivity index (χ1n) is 6.41. The highest BCUT2D eigenvalue weighted by Gasteiger charge is 2.16. The van der Waals surface area contributed by atoms with Gasteiger partial charge in [0.05, 0.1) is 18.0 Å². The fourth-order valence-electron chi connectivity index (χ4n) is 1.80. The van der Waals surface area contributed by atoms with Crippen molar-refractivity contribution in [1.82, 2.24) is 4.90 Å². The minimum Gasteiger partial charge on any atom is -0.465 e. The molecule has 0 aliphatic carbocycles. The lowest BCUT2D eigenvalue weighted by Gasteiger charge is -2.24. The van der Waals surface area contributed by atoms with Crippen LogP contribution in [0, 0.1) is 0 Å². The topological polar surface area (TPSA) is 63.7 Å². The van der Waals surface area contributed by atoms with Crippen LogP contribution in [0.2, 0.25) is 0 Å². The molecule has 6 heteroatoms. The van der Waals surface area contributed by atoms with Crippen molar-refractivity contribution in [1.29, 1.82) is 0 Å². The lowest BCUT2D eigenvalue weighted by atomic mass is 10.1. The maximum absolute atomic E-state index is 11.4. The molecule has 0 N–H and O–H groups in total. The summed E-state index contributed by atoms with van der Waals surface area (Å²) in [5.41, 5.74) is 0.948. The van der Waals surface area contributed by atoms with E-state index in [0.29, 0.717) is 11.5 Å². The van der Waals surface area contributed by atoms with E-state index in [4.69, 9.17) is 4.74 Å². The van der Waals surface area contributed by atoms with Gasteiger partial charge in [-0.15, -0.1) is 0 Å².